The zero-order valence-corrected chi connectivity index (χ0v) is 11.5. The summed E-state index contributed by atoms with van der Waals surface area (Å²) < 4.78 is 19.0. The zero-order valence-electron chi connectivity index (χ0n) is 11.5. The molecule has 0 aliphatic heterocycles. The number of halogens is 1. The fourth-order valence-electron chi connectivity index (χ4n) is 2.13. The van der Waals surface area contributed by atoms with Crippen molar-refractivity contribution in [2.75, 3.05) is 6.61 Å². The molecule has 0 amide bonds. The maximum absolute atomic E-state index is 13.3. The molecule has 3 nitrogen and oxygen atoms in total. The number of ether oxygens (including phenoxy) is 1. The summed E-state index contributed by atoms with van der Waals surface area (Å²) in [5, 5.41) is 0. The molecule has 0 radical (unpaired) electrons. The van der Waals surface area contributed by atoms with Crippen LogP contribution in [0.4, 0.5) is 4.39 Å². The van der Waals surface area contributed by atoms with E-state index in [1.807, 2.05) is 37.3 Å². The van der Waals surface area contributed by atoms with E-state index < -0.39 is 0 Å². The molecule has 4 heteroatoms. The lowest BCUT2D eigenvalue weighted by Crippen LogP contribution is -2.30. The molecule has 1 unspecified atom stereocenters. The molecule has 0 aliphatic rings. The van der Waals surface area contributed by atoms with E-state index in [0.717, 1.165) is 16.9 Å². The van der Waals surface area contributed by atoms with Crippen molar-refractivity contribution in [3.8, 4) is 5.75 Å². The third-order valence-corrected chi connectivity index (χ3v) is 3.24. The molecule has 20 heavy (non-hydrogen) atoms. The molecule has 0 aromatic heterocycles. The highest BCUT2D eigenvalue weighted by Gasteiger charge is 2.13. The van der Waals surface area contributed by atoms with E-state index in [2.05, 4.69) is 5.43 Å². The number of hydrogen-bond donors (Lipinski definition) is 2. The van der Waals surface area contributed by atoms with E-state index in [0.29, 0.717) is 13.0 Å². The monoisotopic (exact) mass is 274 g/mol. The molecule has 1 atom stereocenters. The Morgan fingerprint density at radius 2 is 1.95 bits per heavy atom. The average molecular weight is 274 g/mol. The molecule has 0 saturated carbocycles. The van der Waals surface area contributed by atoms with Crippen LogP contribution in [0, 0.1) is 12.7 Å². The fourth-order valence-corrected chi connectivity index (χ4v) is 2.13. The molecule has 0 bridgehead atoms. The number of aryl methyl sites for hydroxylation is 1. The number of para-hydroxylation sites is 1. The SMILES string of the molecule is Cc1ccc(F)cc1C(CCOc1ccccc1)NN. The molecule has 0 saturated heterocycles. The Bertz CT molecular complexity index is 545. The molecule has 0 heterocycles. The Morgan fingerprint density at radius 1 is 1.20 bits per heavy atom. The van der Waals surface area contributed by atoms with Gasteiger partial charge in [0.05, 0.1) is 6.61 Å². The first-order valence-corrected chi connectivity index (χ1v) is 6.60. The summed E-state index contributed by atoms with van der Waals surface area (Å²) in [6, 6.07) is 14.2. The van der Waals surface area contributed by atoms with Gasteiger partial charge >= 0.3 is 0 Å². The maximum Gasteiger partial charge on any atom is 0.123 e. The Hall–Kier alpha value is -1.91. The second-order valence-electron chi connectivity index (χ2n) is 4.67. The van der Waals surface area contributed by atoms with E-state index in [9.17, 15) is 4.39 Å². The van der Waals surface area contributed by atoms with Crippen LogP contribution in [0.3, 0.4) is 0 Å². The van der Waals surface area contributed by atoms with Gasteiger partial charge in [-0.25, -0.2) is 4.39 Å². The van der Waals surface area contributed by atoms with Crippen molar-refractivity contribution in [3.05, 3.63) is 65.5 Å². The summed E-state index contributed by atoms with van der Waals surface area (Å²) in [6.07, 6.45) is 0.662. The Morgan fingerprint density at radius 3 is 2.65 bits per heavy atom. The van der Waals surface area contributed by atoms with Crippen LogP contribution in [0.2, 0.25) is 0 Å². The van der Waals surface area contributed by atoms with Crippen molar-refractivity contribution in [1.29, 1.82) is 0 Å². The van der Waals surface area contributed by atoms with Gasteiger partial charge in [0.2, 0.25) is 0 Å². The largest absolute Gasteiger partial charge is 0.494 e. The lowest BCUT2D eigenvalue weighted by Gasteiger charge is -2.19. The predicted octanol–water partition coefficient (Wildman–Crippen LogP) is 3.11. The molecule has 0 aliphatic carbocycles. The summed E-state index contributed by atoms with van der Waals surface area (Å²) >= 11 is 0. The highest BCUT2D eigenvalue weighted by atomic mass is 19.1. The van der Waals surface area contributed by atoms with Crippen LogP contribution in [-0.4, -0.2) is 6.61 Å². The van der Waals surface area contributed by atoms with Crippen molar-refractivity contribution < 1.29 is 9.13 Å². The minimum atomic E-state index is -0.255. The van der Waals surface area contributed by atoms with E-state index in [1.54, 1.807) is 6.07 Å². The van der Waals surface area contributed by atoms with Gasteiger partial charge in [-0.2, -0.15) is 0 Å². The maximum atomic E-state index is 13.3. The number of rotatable bonds is 6. The third kappa shape index (κ3) is 3.79. The van der Waals surface area contributed by atoms with Gasteiger partial charge in [0.1, 0.15) is 11.6 Å². The minimum Gasteiger partial charge on any atom is -0.494 e. The van der Waals surface area contributed by atoms with Crippen LogP contribution in [0.25, 0.3) is 0 Å². The number of benzene rings is 2. The lowest BCUT2D eigenvalue weighted by atomic mass is 9.99. The molecular weight excluding hydrogens is 255 g/mol. The van der Waals surface area contributed by atoms with Gasteiger partial charge in [-0.15, -0.1) is 0 Å². The average Bonchev–Trinajstić information content (AvgIpc) is 2.48. The minimum absolute atomic E-state index is 0.130. The molecule has 0 spiro atoms. The van der Waals surface area contributed by atoms with E-state index in [4.69, 9.17) is 10.6 Å². The smallest absolute Gasteiger partial charge is 0.123 e. The van der Waals surface area contributed by atoms with E-state index in [1.165, 1.54) is 12.1 Å². The third-order valence-electron chi connectivity index (χ3n) is 3.24. The van der Waals surface area contributed by atoms with Crippen LogP contribution in [-0.2, 0) is 0 Å². The second kappa shape index (κ2) is 7.03. The lowest BCUT2D eigenvalue weighted by molar-refractivity contribution is 0.287. The Kier molecular flexibility index (Phi) is 5.09. The first-order chi connectivity index (χ1) is 9.70. The first-order valence-electron chi connectivity index (χ1n) is 6.60. The van der Waals surface area contributed by atoms with Crippen LogP contribution in [0.1, 0.15) is 23.6 Å². The van der Waals surface area contributed by atoms with Gasteiger partial charge < -0.3 is 4.74 Å². The fraction of sp³-hybridized carbons (Fsp3) is 0.250. The van der Waals surface area contributed by atoms with Gasteiger partial charge in [0.15, 0.2) is 0 Å². The predicted molar refractivity (Wildman–Crippen MR) is 77.8 cm³/mol. The highest BCUT2D eigenvalue weighted by Crippen LogP contribution is 2.21. The zero-order chi connectivity index (χ0) is 14.4. The van der Waals surface area contributed by atoms with Gasteiger partial charge in [0.25, 0.3) is 0 Å². The highest BCUT2D eigenvalue weighted by molar-refractivity contribution is 5.29. The standard InChI is InChI=1S/C16H19FN2O/c1-12-7-8-13(17)11-15(12)16(19-18)9-10-20-14-5-3-2-4-6-14/h2-8,11,16,19H,9-10,18H2,1H3. The van der Waals surface area contributed by atoms with Crippen LogP contribution in [0.15, 0.2) is 48.5 Å². The summed E-state index contributed by atoms with van der Waals surface area (Å²) in [5.41, 5.74) is 4.60. The van der Waals surface area contributed by atoms with E-state index in [-0.39, 0.29) is 11.9 Å². The van der Waals surface area contributed by atoms with Gasteiger partial charge in [0, 0.05) is 12.5 Å². The summed E-state index contributed by atoms with van der Waals surface area (Å²) in [4.78, 5) is 0. The first kappa shape index (κ1) is 14.5. The van der Waals surface area contributed by atoms with E-state index >= 15 is 0 Å². The van der Waals surface area contributed by atoms with Crippen LogP contribution < -0.4 is 16.0 Å². The van der Waals surface area contributed by atoms with Crippen molar-refractivity contribution in [1.82, 2.24) is 5.43 Å². The van der Waals surface area contributed by atoms with Crippen molar-refractivity contribution in [2.24, 2.45) is 5.84 Å². The number of nitrogens with one attached hydrogen (secondary N) is 1. The summed E-state index contributed by atoms with van der Waals surface area (Å²) in [6.45, 7) is 2.45. The van der Waals surface area contributed by atoms with Crippen molar-refractivity contribution in [2.45, 2.75) is 19.4 Å². The molecular formula is C16H19FN2O. The molecule has 2 rings (SSSR count). The van der Waals surface area contributed by atoms with Crippen LogP contribution >= 0.6 is 0 Å². The quantitative estimate of drug-likeness (QED) is 0.628. The molecule has 106 valence electrons. The topological polar surface area (TPSA) is 47.3 Å². The summed E-state index contributed by atoms with van der Waals surface area (Å²) in [7, 11) is 0. The molecule has 2 aromatic rings. The number of hydrogen-bond acceptors (Lipinski definition) is 3. The van der Waals surface area contributed by atoms with Crippen LogP contribution in [0.5, 0.6) is 5.75 Å². The normalized spacial score (nSPS) is 12.2. The molecule has 3 N–H and O–H groups in total. The second-order valence-corrected chi connectivity index (χ2v) is 4.67. The number of hydrazine groups is 1. The molecule has 0 fully saturated rings. The van der Waals surface area contributed by atoms with Crippen molar-refractivity contribution in [3.63, 3.8) is 0 Å². The Labute approximate surface area is 118 Å². The molecule has 2 aromatic carbocycles. The Balaban J connectivity index is 1.97. The number of nitrogens with two attached hydrogens (primary N) is 1. The summed E-state index contributed by atoms with van der Waals surface area (Å²) in [5.74, 6) is 6.14. The van der Waals surface area contributed by atoms with Gasteiger partial charge in [-0.3, -0.25) is 11.3 Å². The van der Waals surface area contributed by atoms with Gasteiger partial charge in [-0.05, 0) is 42.3 Å². The van der Waals surface area contributed by atoms with Crippen molar-refractivity contribution >= 4 is 0 Å². The van der Waals surface area contributed by atoms with Gasteiger partial charge in [-0.1, -0.05) is 24.3 Å².